The normalized spacial score (nSPS) is 24.7. The van der Waals surface area contributed by atoms with Crippen molar-refractivity contribution in [3.8, 4) is 0 Å². The zero-order valence-corrected chi connectivity index (χ0v) is 16.0. The lowest BCUT2D eigenvalue weighted by Crippen LogP contribution is -2.38. The molecule has 1 aromatic carbocycles. The molecule has 0 saturated carbocycles. The zero-order chi connectivity index (χ0) is 17.9. The van der Waals surface area contributed by atoms with Crippen molar-refractivity contribution < 1.29 is 14.3 Å². The fourth-order valence-electron chi connectivity index (χ4n) is 3.84. The van der Waals surface area contributed by atoms with Gasteiger partial charge in [0.15, 0.2) is 0 Å². The maximum atomic E-state index is 11.8. The average Bonchev–Trinajstić information content (AvgIpc) is 3.21. The SMILES string of the molecule is CCCCOC(=O)CCCc1c(C23CNC(CO2)C3)ccc(C)c1Cl. The molecule has 4 nitrogen and oxygen atoms in total. The Morgan fingerprint density at radius 3 is 2.92 bits per heavy atom. The van der Waals surface area contributed by atoms with E-state index in [2.05, 4.69) is 24.4 Å². The van der Waals surface area contributed by atoms with Crippen molar-refractivity contribution in [2.24, 2.45) is 0 Å². The van der Waals surface area contributed by atoms with Crippen LogP contribution < -0.4 is 5.32 Å². The van der Waals surface area contributed by atoms with Crippen molar-refractivity contribution in [2.75, 3.05) is 19.8 Å². The summed E-state index contributed by atoms with van der Waals surface area (Å²) in [5, 5.41) is 4.33. The van der Waals surface area contributed by atoms with Gasteiger partial charge in [-0.2, -0.15) is 0 Å². The van der Waals surface area contributed by atoms with E-state index in [0.29, 0.717) is 19.1 Å². The number of esters is 1. The Hall–Kier alpha value is -1.10. The molecule has 2 bridgehead atoms. The summed E-state index contributed by atoms with van der Waals surface area (Å²) in [6.07, 6.45) is 4.91. The number of benzene rings is 1. The van der Waals surface area contributed by atoms with Crippen molar-refractivity contribution in [1.82, 2.24) is 5.32 Å². The molecule has 2 aliphatic rings. The Bertz CT molecular complexity index is 624. The fraction of sp³-hybridized carbons (Fsp3) is 0.650. The number of morpholine rings is 1. The quantitative estimate of drug-likeness (QED) is 0.560. The first-order chi connectivity index (χ1) is 12.1. The van der Waals surface area contributed by atoms with Crippen molar-refractivity contribution in [3.05, 3.63) is 33.8 Å². The number of carbonyl (C=O) groups is 1. The number of halogens is 1. The predicted molar refractivity (Wildman–Crippen MR) is 99.0 cm³/mol. The highest BCUT2D eigenvalue weighted by molar-refractivity contribution is 6.32. The molecule has 0 aliphatic carbocycles. The maximum Gasteiger partial charge on any atom is 0.305 e. The van der Waals surface area contributed by atoms with E-state index in [-0.39, 0.29) is 11.6 Å². The van der Waals surface area contributed by atoms with Crippen molar-refractivity contribution >= 4 is 17.6 Å². The van der Waals surface area contributed by atoms with Gasteiger partial charge in [-0.25, -0.2) is 0 Å². The minimum atomic E-state index is -0.251. The number of rotatable bonds is 8. The molecule has 2 heterocycles. The molecule has 25 heavy (non-hydrogen) atoms. The lowest BCUT2D eigenvalue weighted by Gasteiger charge is -2.30. The summed E-state index contributed by atoms with van der Waals surface area (Å²) in [4.78, 5) is 11.8. The van der Waals surface area contributed by atoms with E-state index in [1.807, 2.05) is 6.92 Å². The number of fused-ring (bicyclic) bond motifs is 2. The van der Waals surface area contributed by atoms with Crippen LogP contribution in [0, 0.1) is 6.92 Å². The summed E-state index contributed by atoms with van der Waals surface area (Å²) in [6, 6.07) is 4.68. The molecule has 2 saturated heterocycles. The highest BCUT2D eigenvalue weighted by Crippen LogP contribution is 2.44. The summed E-state index contributed by atoms with van der Waals surface area (Å²) in [6.45, 7) is 6.23. The van der Waals surface area contributed by atoms with E-state index in [9.17, 15) is 4.79 Å². The number of hydrogen-bond acceptors (Lipinski definition) is 4. The van der Waals surface area contributed by atoms with Crippen LogP contribution in [0.5, 0.6) is 0 Å². The molecule has 2 fully saturated rings. The second-order valence-corrected chi connectivity index (χ2v) is 7.62. The van der Waals surface area contributed by atoms with Crippen LogP contribution in [0.1, 0.15) is 55.7 Å². The van der Waals surface area contributed by atoms with Gasteiger partial charge in [0, 0.05) is 24.0 Å². The molecule has 5 heteroatoms. The van der Waals surface area contributed by atoms with Gasteiger partial charge in [0.2, 0.25) is 0 Å². The molecular formula is C20H28ClNO3. The third-order valence-electron chi connectivity index (χ3n) is 5.31. The standard InChI is InChI=1S/C20H28ClNO3/c1-3-4-10-24-18(23)7-5-6-16-17(9-8-14(2)19(16)21)20-11-15(12-25-20)22-13-20/h8-9,15,22H,3-7,10-13H2,1-2H3. The van der Waals surface area contributed by atoms with Crippen LogP contribution in [0.15, 0.2) is 12.1 Å². The van der Waals surface area contributed by atoms with Crippen LogP contribution >= 0.6 is 11.6 Å². The number of unbranched alkanes of at least 4 members (excludes halogenated alkanes) is 1. The minimum absolute atomic E-state index is 0.114. The molecular weight excluding hydrogens is 338 g/mol. The van der Waals surface area contributed by atoms with Crippen molar-refractivity contribution in [3.63, 3.8) is 0 Å². The summed E-state index contributed by atoms with van der Waals surface area (Å²) in [7, 11) is 0. The topological polar surface area (TPSA) is 47.6 Å². The minimum Gasteiger partial charge on any atom is -0.466 e. The summed E-state index contributed by atoms with van der Waals surface area (Å²) in [5.41, 5.74) is 3.14. The smallest absolute Gasteiger partial charge is 0.305 e. The summed E-state index contributed by atoms with van der Waals surface area (Å²) in [5.74, 6) is -0.114. The highest BCUT2D eigenvalue weighted by atomic mass is 35.5. The maximum absolute atomic E-state index is 11.8. The molecule has 1 N–H and O–H groups in total. The van der Waals surface area contributed by atoms with Gasteiger partial charge in [-0.05, 0) is 49.3 Å². The Morgan fingerprint density at radius 1 is 1.44 bits per heavy atom. The van der Waals surface area contributed by atoms with Crippen molar-refractivity contribution in [2.45, 2.75) is 64.0 Å². The van der Waals surface area contributed by atoms with Crippen LogP contribution in [0.3, 0.4) is 0 Å². The zero-order valence-electron chi connectivity index (χ0n) is 15.2. The lowest BCUT2D eigenvalue weighted by atomic mass is 9.86. The van der Waals surface area contributed by atoms with E-state index < -0.39 is 0 Å². The molecule has 138 valence electrons. The molecule has 0 aromatic heterocycles. The Morgan fingerprint density at radius 2 is 2.28 bits per heavy atom. The molecule has 0 amide bonds. The van der Waals surface area contributed by atoms with Crippen LogP contribution in [-0.2, 0) is 26.3 Å². The second kappa shape index (κ2) is 8.07. The van der Waals surface area contributed by atoms with Crippen LogP contribution in [-0.4, -0.2) is 31.8 Å². The summed E-state index contributed by atoms with van der Waals surface area (Å²) < 4.78 is 11.4. The molecule has 2 atom stereocenters. The van der Waals surface area contributed by atoms with Gasteiger partial charge in [-0.1, -0.05) is 37.1 Å². The predicted octanol–water partition coefficient (Wildman–Crippen LogP) is 3.90. The van der Waals surface area contributed by atoms with Gasteiger partial charge < -0.3 is 14.8 Å². The van der Waals surface area contributed by atoms with E-state index in [1.54, 1.807) is 0 Å². The lowest BCUT2D eigenvalue weighted by molar-refractivity contribution is -0.143. The van der Waals surface area contributed by atoms with Gasteiger partial charge in [-0.3, -0.25) is 4.79 Å². The fourth-order valence-corrected chi connectivity index (χ4v) is 4.10. The molecule has 0 spiro atoms. The Labute approximate surface area is 155 Å². The summed E-state index contributed by atoms with van der Waals surface area (Å²) >= 11 is 6.63. The van der Waals surface area contributed by atoms with Crippen LogP contribution in [0.2, 0.25) is 5.02 Å². The first-order valence-corrected chi connectivity index (χ1v) is 9.75. The molecule has 2 unspecified atom stereocenters. The number of ether oxygens (including phenoxy) is 2. The number of aryl methyl sites for hydroxylation is 1. The largest absolute Gasteiger partial charge is 0.466 e. The molecule has 0 radical (unpaired) electrons. The number of hydrogen-bond donors (Lipinski definition) is 1. The van der Waals surface area contributed by atoms with E-state index >= 15 is 0 Å². The monoisotopic (exact) mass is 365 g/mol. The van der Waals surface area contributed by atoms with E-state index in [0.717, 1.165) is 61.4 Å². The van der Waals surface area contributed by atoms with Gasteiger partial charge in [-0.15, -0.1) is 0 Å². The third-order valence-corrected chi connectivity index (χ3v) is 5.84. The van der Waals surface area contributed by atoms with Gasteiger partial charge in [0.25, 0.3) is 0 Å². The number of nitrogens with one attached hydrogen (secondary N) is 1. The number of carbonyl (C=O) groups excluding carboxylic acids is 1. The van der Waals surface area contributed by atoms with Crippen LogP contribution in [0.25, 0.3) is 0 Å². The van der Waals surface area contributed by atoms with E-state index in [1.165, 1.54) is 5.56 Å². The molecule has 3 rings (SSSR count). The first-order valence-electron chi connectivity index (χ1n) is 9.37. The highest BCUT2D eigenvalue weighted by Gasteiger charge is 2.48. The Kier molecular flexibility index (Phi) is 6.03. The molecule has 1 aromatic rings. The third kappa shape index (κ3) is 4.02. The van der Waals surface area contributed by atoms with Gasteiger partial charge >= 0.3 is 5.97 Å². The van der Waals surface area contributed by atoms with Gasteiger partial charge in [0.1, 0.15) is 5.60 Å². The van der Waals surface area contributed by atoms with Crippen molar-refractivity contribution in [1.29, 1.82) is 0 Å². The van der Waals surface area contributed by atoms with Crippen LogP contribution in [0.4, 0.5) is 0 Å². The molecule has 2 aliphatic heterocycles. The average molecular weight is 366 g/mol. The van der Waals surface area contributed by atoms with Gasteiger partial charge in [0.05, 0.1) is 13.2 Å². The second-order valence-electron chi connectivity index (χ2n) is 7.24. The Balaban J connectivity index is 1.68. The van der Waals surface area contributed by atoms with E-state index in [4.69, 9.17) is 21.1 Å². The first kappa shape index (κ1) is 18.7.